The molecule has 0 aromatic heterocycles. The molecule has 0 aliphatic heterocycles. The first-order valence-corrected chi connectivity index (χ1v) is 5.50. The molecule has 5 heteroatoms. The van der Waals surface area contributed by atoms with E-state index in [9.17, 15) is 14.7 Å². The molecule has 0 fully saturated rings. The lowest BCUT2D eigenvalue weighted by Gasteiger charge is -2.08. The van der Waals surface area contributed by atoms with Crippen molar-refractivity contribution in [1.29, 1.82) is 0 Å². The van der Waals surface area contributed by atoms with Crippen LogP contribution in [0, 0.1) is 0 Å². The first kappa shape index (κ1) is 12.9. The molecular weight excluding hydrogens is 248 g/mol. The van der Waals surface area contributed by atoms with Crippen LogP contribution in [0.15, 0.2) is 30.3 Å². The largest absolute Gasteiger partial charge is 0.508 e. The van der Waals surface area contributed by atoms with Gasteiger partial charge in [-0.1, -0.05) is 6.07 Å². The standard InChI is InChI=1S/C14H12O5/c1-18-13(16)11-6-8-3-4-10(15)5-9(8)7-12(11)14(17)19-2/h3-7,15H,1-2H3. The van der Waals surface area contributed by atoms with Crippen LogP contribution >= 0.6 is 0 Å². The fourth-order valence-corrected chi connectivity index (χ4v) is 1.84. The maximum absolute atomic E-state index is 11.7. The predicted molar refractivity (Wildman–Crippen MR) is 68.3 cm³/mol. The van der Waals surface area contributed by atoms with Crippen LogP contribution in [0.5, 0.6) is 5.75 Å². The fraction of sp³-hybridized carbons (Fsp3) is 0.143. The van der Waals surface area contributed by atoms with Crippen molar-refractivity contribution in [3.05, 3.63) is 41.5 Å². The van der Waals surface area contributed by atoms with E-state index in [-0.39, 0.29) is 16.9 Å². The van der Waals surface area contributed by atoms with Gasteiger partial charge < -0.3 is 14.6 Å². The molecule has 0 amide bonds. The number of rotatable bonds is 2. The number of hydrogen-bond donors (Lipinski definition) is 1. The van der Waals surface area contributed by atoms with Gasteiger partial charge in [-0.15, -0.1) is 0 Å². The molecule has 0 aliphatic carbocycles. The van der Waals surface area contributed by atoms with E-state index in [4.69, 9.17) is 0 Å². The number of benzene rings is 2. The molecule has 98 valence electrons. The number of esters is 2. The second-order valence-corrected chi connectivity index (χ2v) is 3.91. The molecule has 2 rings (SSSR count). The zero-order chi connectivity index (χ0) is 14.0. The fourth-order valence-electron chi connectivity index (χ4n) is 1.84. The van der Waals surface area contributed by atoms with Gasteiger partial charge in [0.15, 0.2) is 0 Å². The number of ether oxygens (including phenoxy) is 2. The van der Waals surface area contributed by atoms with E-state index in [0.717, 1.165) is 0 Å². The lowest BCUT2D eigenvalue weighted by atomic mass is 10.0. The Balaban J connectivity index is 2.73. The Morgan fingerprint density at radius 2 is 1.42 bits per heavy atom. The van der Waals surface area contributed by atoms with E-state index >= 15 is 0 Å². The molecule has 19 heavy (non-hydrogen) atoms. The smallest absolute Gasteiger partial charge is 0.338 e. The number of phenolic OH excluding ortho intramolecular Hbond substituents is 1. The average molecular weight is 260 g/mol. The number of carbonyl (C=O) groups is 2. The summed E-state index contributed by atoms with van der Waals surface area (Å²) in [5.74, 6) is -1.17. The summed E-state index contributed by atoms with van der Waals surface area (Å²) in [6.07, 6.45) is 0. The highest BCUT2D eigenvalue weighted by atomic mass is 16.5. The Labute approximate surface area is 109 Å². The summed E-state index contributed by atoms with van der Waals surface area (Å²) in [6, 6.07) is 7.68. The zero-order valence-electron chi connectivity index (χ0n) is 10.5. The van der Waals surface area contributed by atoms with Crippen molar-refractivity contribution in [2.24, 2.45) is 0 Å². The second-order valence-electron chi connectivity index (χ2n) is 3.91. The van der Waals surface area contributed by atoms with Crippen LogP contribution < -0.4 is 0 Å². The lowest BCUT2D eigenvalue weighted by molar-refractivity contribution is 0.0555. The third-order valence-electron chi connectivity index (χ3n) is 2.77. The van der Waals surface area contributed by atoms with Crippen LogP contribution in [0.4, 0.5) is 0 Å². The normalized spacial score (nSPS) is 10.2. The quantitative estimate of drug-likeness (QED) is 0.837. The van der Waals surface area contributed by atoms with Gasteiger partial charge in [0.25, 0.3) is 0 Å². The van der Waals surface area contributed by atoms with Crippen LogP contribution in [0.3, 0.4) is 0 Å². The molecular formula is C14H12O5. The molecule has 5 nitrogen and oxygen atoms in total. The summed E-state index contributed by atoms with van der Waals surface area (Å²) in [6.45, 7) is 0. The molecule has 0 spiro atoms. The summed E-state index contributed by atoms with van der Waals surface area (Å²) in [4.78, 5) is 23.4. The van der Waals surface area contributed by atoms with E-state index in [0.29, 0.717) is 10.8 Å². The van der Waals surface area contributed by atoms with Gasteiger partial charge >= 0.3 is 11.9 Å². The SMILES string of the molecule is COC(=O)c1cc2ccc(O)cc2cc1C(=O)OC. The van der Waals surface area contributed by atoms with Crippen molar-refractivity contribution < 1.29 is 24.2 Å². The molecule has 0 heterocycles. The Morgan fingerprint density at radius 3 is 1.95 bits per heavy atom. The van der Waals surface area contributed by atoms with Crippen molar-refractivity contribution in [3.8, 4) is 5.75 Å². The molecule has 0 unspecified atom stereocenters. The lowest BCUT2D eigenvalue weighted by Crippen LogP contribution is -2.11. The number of methoxy groups -OCH3 is 2. The van der Waals surface area contributed by atoms with E-state index in [1.54, 1.807) is 6.07 Å². The first-order chi connectivity index (χ1) is 9.06. The number of fused-ring (bicyclic) bond motifs is 1. The number of phenols is 1. The molecule has 0 radical (unpaired) electrons. The van der Waals surface area contributed by atoms with Crippen LogP contribution in [-0.4, -0.2) is 31.3 Å². The van der Waals surface area contributed by atoms with Crippen molar-refractivity contribution in [3.63, 3.8) is 0 Å². The second kappa shape index (κ2) is 4.97. The highest BCUT2D eigenvalue weighted by molar-refractivity contribution is 6.07. The average Bonchev–Trinajstić information content (AvgIpc) is 2.44. The van der Waals surface area contributed by atoms with E-state index in [2.05, 4.69) is 9.47 Å². The Bertz CT molecular complexity index is 660. The Morgan fingerprint density at radius 1 is 0.895 bits per heavy atom. The summed E-state index contributed by atoms with van der Waals surface area (Å²) in [7, 11) is 2.47. The zero-order valence-corrected chi connectivity index (χ0v) is 10.5. The van der Waals surface area contributed by atoms with Gasteiger partial charge in [0.05, 0.1) is 25.3 Å². The molecule has 0 atom stereocenters. The van der Waals surface area contributed by atoms with Crippen molar-refractivity contribution in [1.82, 2.24) is 0 Å². The predicted octanol–water partition coefficient (Wildman–Crippen LogP) is 2.12. The maximum Gasteiger partial charge on any atom is 0.338 e. The third kappa shape index (κ3) is 2.35. The van der Waals surface area contributed by atoms with Gasteiger partial charge in [-0.2, -0.15) is 0 Å². The van der Waals surface area contributed by atoms with Crippen LogP contribution in [0.1, 0.15) is 20.7 Å². The van der Waals surface area contributed by atoms with Gasteiger partial charge in [-0.05, 0) is 35.0 Å². The molecule has 1 N–H and O–H groups in total. The molecule has 2 aromatic rings. The molecule has 2 aromatic carbocycles. The van der Waals surface area contributed by atoms with Gasteiger partial charge in [-0.25, -0.2) is 9.59 Å². The topological polar surface area (TPSA) is 72.8 Å². The maximum atomic E-state index is 11.7. The number of aromatic hydroxyl groups is 1. The molecule has 0 saturated carbocycles. The first-order valence-electron chi connectivity index (χ1n) is 5.50. The van der Waals surface area contributed by atoms with Crippen LogP contribution in [0.2, 0.25) is 0 Å². The van der Waals surface area contributed by atoms with Crippen LogP contribution in [0.25, 0.3) is 10.8 Å². The van der Waals surface area contributed by atoms with E-state index in [1.807, 2.05) is 0 Å². The molecule has 0 bridgehead atoms. The molecule has 0 saturated heterocycles. The summed E-state index contributed by atoms with van der Waals surface area (Å²) >= 11 is 0. The van der Waals surface area contributed by atoms with Crippen molar-refractivity contribution in [2.75, 3.05) is 14.2 Å². The monoisotopic (exact) mass is 260 g/mol. The minimum Gasteiger partial charge on any atom is -0.508 e. The van der Waals surface area contributed by atoms with E-state index < -0.39 is 11.9 Å². The van der Waals surface area contributed by atoms with Gasteiger partial charge in [0.2, 0.25) is 0 Å². The Kier molecular flexibility index (Phi) is 3.37. The van der Waals surface area contributed by atoms with Gasteiger partial charge in [-0.3, -0.25) is 0 Å². The van der Waals surface area contributed by atoms with Crippen molar-refractivity contribution in [2.45, 2.75) is 0 Å². The number of carbonyl (C=O) groups excluding carboxylic acids is 2. The summed E-state index contributed by atoms with van der Waals surface area (Å²) in [5.41, 5.74) is 0.236. The summed E-state index contributed by atoms with van der Waals surface area (Å²) < 4.78 is 9.29. The van der Waals surface area contributed by atoms with Crippen molar-refractivity contribution >= 4 is 22.7 Å². The van der Waals surface area contributed by atoms with E-state index in [1.165, 1.54) is 38.5 Å². The molecule has 0 aliphatic rings. The van der Waals surface area contributed by atoms with Gasteiger partial charge in [0.1, 0.15) is 5.75 Å². The Hall–Kier alpha value is -2.56. The number of hydrogen-bond acceptors (Lipinski definition) is 5. The third-order valence-corrected chi connectivity index (χ3v) is 2.77. The van der Waals surface area contributed by atoms with Gasteiger partial charge in [0, 0.05) is 0 Å². The minimum atomic E-state index is -0.634. The summed E-state index contributed by atoms with van der Waals surface area (Å²) in [5, 5.41) is 10.8. The highest BCUT2D eigenvalue weighted by Crippen LogP contribution is 2.25. The minimum absolute atomic E-state index is 0.0779. The van der Waals surface area contributed by atoms with Crippen LogP contribution in [-0.2, 0) is 9.47 Å². The highest BCUT2D eigenvalue weighted by Gasteiger charge is 2.19.